The first kappa shape index (κ1) is 21.6. The topological polar surface area (TPSA) is 114 Å². The van der Waals surface area contributed by atoms with Gasteiger partial charge in [0.15, 0.2) is 0 Å². The number of esters is 1. The van der Waals surface area contributed by atoms with Gasteiger partial charge >= 0.3 is 5.97 Å². The van der Waals surface area contributed by atoms with Crippen molar-refractivity contribution < 1.29 is 19.1 Å². The Morgan fingerprint density at radius 3 is 2.57 bits per heavy atom. The molecule has 4 N–H and O–H groups in total. The Kier molecular flexibility index (Phi) is 7.28. The van der Waals surface area contributed by atoms with Crippen molar-refractivity contribution in [3.05, 3.63) is 46.8 Å². The summed E-state index contributed by atoms with van der Waals surface area (Å²) in [5.74, 6) is -0.876. The van der Waals surface area contributed by atoms with Crippen LogP contribution >= 0.6 is 11.8 Å². The number of rotatable bonds is 9. The average Bonchev–Trinajstić information content (AvgIpc) is 2.94. The summed E-state index contributed by atoms with van der Waals surface area (Å²) in [5.41, 5.74) is 7.91. The lowest BCUT2D eigenvalue weighted by Crippen LogP contribution is -2.27. The molecule has 1 aromatic carbocycles. The summed E-state index contributed by atoms with van der Waals surface area (Å²) in [6.45, 7) is 7.22. The smallest absolute Gasteiger partial charge is 0.340 e. The average molecular weight is 404 g/mol. The fraction of sp³-hybridized carbons (Fsp3) is 0.350. The number of hydrogen-bond acceptors (Lipinski definition) is 6. The quantitative estimate of drug-likeness (QED) is 0.337. The summed E-state index contributed by atoms with van der Waals surface area (Å²) in [5, 5.41) is 3.18. The van der Waals surface area contributed by atoms with E-state index in [0.717, 1.165) is 10.6 Å². The van der Waals surface area contributed by atoms with E-state index in [1.807, 2.05) is 24.3 Å². The zero-order chi connectivity index (χ0) is 20.8. The van der Waals surface area contributed by atoms with Crippen molar-refractivity contribution in [2.75, 3.05) is 17.7 Å². The fourth-order valence-electron chi connectivity index (χ4n) is 2.88. The molecule has 0 unspecified atom stereocenters. The largest absolute Gasteiger partial charge is 0.462 e. The van der Waals surface area contributed by atoms with Crippen LogP contribution in [-0.2, 0) is 9.53 Å². The lowest BCUT2D eigenvalue weighted by molar-refractivity contribution is -0.115. The van der Waals surface area contributed by atoms with Gasteiger partial charge in [0.1, 0.15) is 0 Å². The predicted molar refractivity (Wildman–Crippen MR) is 110 cm³/mol. The Hall–Kier alpha value is -2.74. The number of carbonyl (C=O) groups excluding carboxylic acids is 3. The molecule has 0 aliphatic carbocycles. The summed E-state index contributed by atoms with van der Waals surface area (Å²) in [6, 6.07) is 6.84. The predicted octanol–water partition coefficient (Wildman–Crippen LogP) is 3.07. The molecule has 7 nitrogen and oxygen atoms in total. The number of aromatic nitrogens is 1. The summed E-state index contributed by atoms with van der Waals surface area (Å²) in [7, 11) is 0. The molecule has 1 atom stereocenters. The number of aryl methyl sites for hydroxylation is 1. The van der Waals surface area contributed by atoms with E-state index in [0.29, 0.717) is 22.5 Å². The summed E-state index contributed by atoms with van der Waals surface area (Å²) in [4.78, 5) is 40.0. The third-order valence-corrected chi connectivity index (χ3v) is 5.28. The number of H-pyrrole nitrogens is 1. The Morgan fingerprint density at radius 2 is 1.93 bits per heavy atom. The number of anilines is 1. The monoisotopic (exact) mass is 403 g/mol. The molecule has 1 heterocycles. The van der Waals surface area contributed by atoms with Gasteiger partial charge in [-0.3, -0.25) is 9.59 Å². The number of para-hydroxylation sites is 1. The maximum atomic E-state index is 13.0. The molecule has 2 rings (SSSR count). The van der Waals surface area contributed by atoms with Crippen LogP contribution in [0.1, 0.15) is 46.0 Å². The van der Waals surface area contributed by atoms with Gasteiger partial charge in [-0.05, 0) is 45.4 Å². The van der Waals surface area contributed by atoms with E-state index in [9.17, 15) is 14.4 Å². The Bertz CT molecular complexity index is 892. The number of nitrogens with two attached hydrogens (primary N) is 1. The number of nitrogens with one attached hydrogen (secondary N) is 2. The number of ketones is 1. The number of hydrogen-bond donors (Lipinski definition) is 3. The first-order valence-corrected chi connectivity index (χ1v) is 9.91. The highest BCUT2D eigenvalue weighted by Crippen LogP contribution is 2.28. The van der Waals surface area contributed by atoms with Gasteiger partial charge in [0.05, 0.1) is 29.7 Å². The van der Waals surface area contributed by atoms with Gasteiger partial charge in [0.25, 0.3) is 0 Å². The number of aromatic amines is 1. The molecule has 0 spiro atoms. The first-order valence-electron chi connectivity index (χ1n) is 8.93. The second kappa shape index (κ2) is 9.45. The number of primary amides is 1. The van der Waals surface area contributed by atoms with Crippen LogP contribution in [0.25, 0.3) is 0 Å². The van der Waals surface area contributed by atoms with Crippen molar-refractivity contribution in [2.24, 2.45) is 5.73 Å². The number of amides is 1. The zero-order valence-electron chi connectivity index (χ0n) is 16.4. The second-order valence-electron chi connectivity index (χ2n) is 6.33. The summed E-state index contributed by atoms with van der Waals surface area (Å²) >= 11 is 1.31. The zero-order valence-corrected chi connectivity index (χ0v) is 17.2. The minimum Gasteiger partial charge on any atom is -0.462 e. The fourth-order valence-corrected chi connectivity index (χ4v) is 3.64. The molecule has 1 aromatic heterocycles. The van der Waals surface area contributed by atoms with E-state index in [-0.39, 0.29) is 18.1 Å². The summed E-state index contributed by atoms with van der Waals surface area (Å²) in [6.07, 6.45) is 0. The molecule has 150 valence electrons. The molecule has 0 saturated carbocycles. The van der Waals surface area contributed by atoms with Gasteiger partial charge < -0.3 is 20.8 Å². The number of ether oxygens (including phenoxy) is 1. The van der Waals surface area contributed by atoms with Gasteiger partial charge in [-0.15, -0.1) is 11.8 Å². The molecule has 0 bridgehead atoms. The molecule has 0 aliphatic rings. The van der Waals surface area contributed by atoms with Crippen molar-refractivity contribution in [1.82, 2.24) is 4.98 Å². The van der Waals surface area contributed by atoms with Crippen LogP contribution in [-0.4, -0.2) is 41.0 Å². The number of Topliss-reactive ketones (excluding diaryl/α,β-unsaturated/α-hetero) is 1. The minimum absolute atomic E-state index is 0.152. The highest BCUT2D eigenvalue weighted by atomic mass is 32.2. The van der Waals surface area contributed by atoms with E-state index in [2.05, 4.69) is 10.3 Å². The Labute approximate surface area is 168 Å². The van der Waals surface area contributed by atoms with Gasteiger partial charge in [-0.2, -0.15) is 0 Å². The van der Waals surface area contributed by atoms with Crippen molar-refractivity contribution in [3.63, 3.8) is 0 Å². The van der Waals surface area contributed by atoms with Crippen LogP contribution in [0.4, 0.5) is 5.69 Å². The van der Waals surface area contributed by atoms with Crippen LogP contribution in [0.3, 0.4) is 0 Å². The van der Waals surface area contributed by atoms with Crippen molar-refractivity contribution in [1.29, 1.82) is 0 Å². The minimum atomic E-state index is -0.554. The maximum Gasteiger partial charge on any atom is 0.340 e. The third-order valence-electron chi connectivity index (χ3n) is 4.19. The molecule has 28 heavy (non-hydrogen) atoms. The van der Waals surface area contributed by atoms with E-state index < -0.39 is 17.9 Å². The molecular formula is C20H25N3O4S. The Morgan fingerprint density at radius 1 is 1.25 bits per heavy atom. The molecule has 0 radical (unpaired) electrons. The van der Waals surface area contributed by atoms with E-state index >= 15 is 0 Å². The number of thioether (sulfide) groups is 1. The van der Waals surface area contributed by atoms with Gasteiger partial charge in [-0.1, -0.05) is 12.1 Å². The number of carbonyl (C=O) groups is 3. The SMILES string of the molecule is CCOC(=O)c1c(C)[nH]c(C(=O)[C@@H](C)Nc2ccccc2SCC(N)=O)c1C. The van der Waals surface area contributed by atoms with E-state index in [1.165, 1.54) is 11.8 Å². The summed E-state index contributed by atoms with van der Waals surface area (Å²) < 4.78 is 5.07. The maximum absolute atomic E-state index is 13.0. The van der Waals surface area contributed by atoms with Crippen molar-refractivity contribution >= 4 is 35.1 Å². The molecule has 0 aliphatic heterocycles. The van der Waals surface area contributed by atoms with Crippen molar-refractivity contribution in [3.8, 4) is 0 Å². The van der Waals surface area contributed by atoms with Gasteiger partial charge in [-0.25, -0.2) is 4.79 Å². The normalized spacial score (nSPS) is 11.7. The molecule has 1 amide bonds. The molecular weight excluding hydrogens is 378 g/mol. The van der Waals surface area contributed by atoms with Crippen LogP contribution < -0.4 is 11.1 Å². The Balaban J connectivity index is 2.21. The third kappa shape index (κ3) is 4.95. The number of benzene rings is 1. The standard InChI is InChI=1S/C20H25N3O4S/c1-5-27-20(26)17-11(2)18(23-12(17)3)19(25)13(4)22-14-8-6-7-9-15(14)28-10-16(21)24/h6-9,13,22-23H,5,10H2,1-4H3,(H2,21,24)/t13-/m1/s1. The highest BCUT2D eigenvalue weighted by molar-refractivity contribution is 8.00. The van der Waals surface area contributed by atoms with E-state index in [1.54, 1.807) is 27.7 Å². The molecule has 2 aromatic rings. The first-order chi connectivity index (χ1) is 13.3. The van der Waals surface area contributed by atoms with Crippen LogP contribution in [0.5, 0.6) is 0 Å². The second-order valence-corrected chi connectivity index (χ2v) is 7.34. The van der Waals surface area contributed by atoms with Crippen LogP contribution in [0.2, 0.25) is 0 Å². The van der Waals surface area contributed by atoms with Gasteiger partial charge in [0.2, 0.25) is 11.7 Å². The van der Waals surface area contributed by atoms with Crippen LogP contribution in [0.15, 0.2) is 29.2 Å². The van der Waals surface area contributed by atoms with Crippen LogP contribution in [0, 0.1) is 13.8 Å². The van der Waals surface area contributed by atoms with Gasteiger partial charge in [0, 0.05) is 16.3 Å². The molecule has 8 heteroatoms. The lowest BCUT2D eigenvalue weighted by atomic mass is 10.0. The molecule has 0 fully saturated rings. The lowest BCUT2D eigenvalue weighted by Gasteiger charge is -2.17. The molecule has 0 saturated heterocycles. The highest BCUT2D eigenvalue weighted by Gasteiger charge is 2.26. The van der Waals surface area contributed by atoms with Crippen molar-refractivity contribution in [2.45, 2.75) is 38.6 Å². The van der Waals surface area contributed by atoms with E-state index in [4.69, 9.17) is 10.5 Å².